The Morgan fingerprint density at radius 3 is 1.35 bits per heavy atom. The molecule has 0 saturated carbocycles. The van der Waals surface area contributed by atoms with Crippen molar-refractivity contribution in [1.29, 1.82) is 0 Å². The van der Waals surface area contributed by atoms with E-state index < -0.39 is 0 Å². The number of hydrogen-bond acceptors (Lipinski definition) is 4. The molecule has 0 N–H and O–H groups in total. The first-order chi connectivity index (χ1) is 10.6. The molecule has 4 nitrogen and oxygen atoms in total. The standard InChI is InChI=1S/C19H38O4/c1-14(2)18(20)9-10-19(11-21-15(3)4,12-22-16(5)6)13-23-17(7)8/h14-17H,9-13H2,1-8H3. The van der Waals surface area contributed by atoms with Crippen molar-refractivity contribution < 1.29 is 19.0 Å². The maximum Gasteiger partial charge on any atom is 0.135 e. The Labute approximate surface area is 143 Å². The van der Waals surface area contributed by atoms with E-state index in [1.807, 2.05) is 55.4 Å². The monoisotopic (exact) mass is 330 g/mol. The normalized spacial score (nSPS) is 12.9. The Morgan fingerprint density at radius 1 is 0.739 bits per heavy atom. The minimum Gasteiger partial charge on any atom is -0.378 e. The largest absolute Gasteiger partial charge is 0.378 e. The first-order valence-electron chi connectivity index (χ1n) is 8.95. The van der Waals surface area contributed by atoms with Gasteiger partial charge in [-0.05, 0) is 48.0 Å². The Kier molecular flexibility index (Phi) is 10.9. The van der Waals surface area contributed by atoms with Crippen LogP contribution in [0.1, 0.15) is 68.2 Å². The van der Waals surface area contributed by atoms with Gasteiger partial charge in [0, 0.05) is 17.8 Å². The van der Waals surface area contributed by atoms with Crippen LogP contribution in [-0.4, -0.2) is 43.9 Å². The highest BCUT2D eigenvalue weighted by Crippen LogP contribution is 2.28. The summed E-state index contributed by atoms with van der Waals surface area (Å²) in [6.45, 7) is 17.7. The fourth-order valence-corrected chi connectivity index (χ4v) is 2.05. The molecule has 23 heavy (non-hydrogen) atoms. The molecule has 138 valence electrons. The van der Waals surface area contributed by atoms with Crippen LogP contribution in [0.15, 0.2) is 0 Å². The molecule has 0 aromatic rings. The molecule has 0 fully saturated rings. The summed E-state index contributed by atoms with van der Waals surface area (Å²) in [6.07, 6.45) is 1.72. The van der Waals surface area contributed by atoms with E-state index in [0.29, 0.717) is 26.2 Å². The summed E-state index contributed by atoms with van der Waals surface area (Å²) < 4.78 is 17.7. The summed E-state index contributed by atoms with van der Waals surface area (Å²) in [4.78, 5) is 12.1. The van der Waals surface area contributed by atoms with Gasteiger partial charge in [0.05, 0.1) is 38.1 Å². The SMILES string of the molecule is CC(C)OCC(CCC(=O)C(C)C)(COC(C)C)COC(C)C. The second-order valence-corrected chi connectivity index (χ2v) is 7.70. The molecule has 0 bridgehead atoms. The van der Waals surface area contributed by atoms with E-state index in [-0.39, 0.29) is 35.4 Å². The van der Waals surface area contributed by atoms with Crippen LogP contribution in [0.5, 0.6) is 0 Å². The first kappa shape index (κ1) is 22.6. The Bertz CT molecular complexity index is 290. The van der Waals surface area contributed by atoms with Crippen molar-refractivity contribution in [1.82, 2.24) is 0 Å². The lowest BCUT2D eigenvalue weighted by Gasteiger charge is -2.35. The fourth-order valence-electron chi connectivity index (χ4n) is 2.05. The van der Waals surface area contributed by atoms with E-state index in [1.54, 1.807) is 0 Å². The van der Waals surface area contributed by atoms with Crippen LogP contribution in [0.25, 0.3) is 0 Å². The van der Waals surface area contributed by atoms with Crippen molar-refractivity contribution >= 4 is 5.78 Å². The van der Waals surface area contributed by atoms with E-state index in [4.69, 9.17) is 14.2 Å². The topological polar surface area (TPSA) is 44.8 Å². The fraction of sp³-hybridized carbons (Fsp3) is 0.947. The molecular formula is C19H38O4. The lowest BCUT2D eigenvalue weighted by atomic mass is 9.83. The van der Waals surface area contributed by atoms with Gasteiger partial charge >= 0.3 is 0 Å². The van der Waals surface area contributed by atoms with Gasteiger partial charge in [0.2, 0.25) is 0 Å². The number of carbonyl (C=O) groups excluding carboxylic acids is 1. The lowest BCUT2D eigenvalue weighted by molar-refractivity contribution is -0.126. The summed E-state index contributed by atoms with van der Waals surface area (Å²) >= 11 is 0. The molecule has 0 heterocycles. The zero-order valence-corrected chi connectivity index (χ0v) is 16.5. The summed E-state index contributed by atoms with van der Waals surface area (Å²) in [5.74, 6) is 0.351. The second-order valence-electron chi connectivity index (χ2n) is 7.70. The minimum absolute atomic E-state index is 0.0655. The van der Waals surface area contributed by atoms with Gasteiger partial charge in [-0.1, -0.05) is 13.8 Å². The average molecular weight is 331 g/mol. The summed E-state index contributed by atoms with van der Waals surface area (Å²) in [6, 6.07) is 0. The first-order valence-corrected chi connectivity index (χ1v) is 8.95. The van der Waals surface area contributed by atoms with Crippen molar-refractivity contribution in [3.63, 3.8) is 0 Å². The summed E-state index contributed by atoms with van der Waals surface area (Å²) in [7, 11) is 0. The van der Waals surface area contributed by atoms with Gasteiger partial charge in [0.25, 0.3) is 0 Å². The van der Waals surface area contributed by atoms with Crippen LogP contribution in [0.4, 0.5) is 0 Å². The van der Waals surface area contributed by atoms with E-state index >= 15 is 0 Å². The summed E-state index contributed by atoms with van der Waals surface area (Å²) in [5.41, 5.74) is -0.274. The van der Waals surface area contributed by atoms with E-state index in [2.05, 4.69) is 0 Å². The average Bonchev–Trinajstić information content (AvgIpc) is 2.44. The molecular weight excluding hydrogens is 292 g/mol. The zero-order valence-electron chi connectivity index (χ0n) is 16.5. The van der Waals surface area contributed by atoms with Crippen molar-refractivity contribution in [3.8, 4) is 0 Å². The maximum absolute atomic E-state index is 12.1. The van der Waals surface area contributed by atoms with Crippen molar-refractivity contribution in [3.05, 3.63) is 0 Å². The van der Waals surface area contributed by atoms with Gasteiger partial charge in [-0.2, -0.15) is 0 Å². The van der Waals surface area contributed by atoms with E-state index in [1.165, 1.54) is 0 Å². The van der Waals surface area contributed by atoms with Crippen LogP contribution in [0, 0.1) is 11.3 Å². The number of hydrogen-bond donors (Lipinski definition) is 0. The van der Waals surface area contributed by atoms with Gasteiger partial charge in [0.1, 0.15) is 5.78 Å². The van der Waals surface area contributed by atoms with Crippen LogP contribution in [-0.2, 0) is 19.0 Å². The van der Waals surface area contributed by atoms with Crippen LogP contribution < -0.4 is 0 Å². The van der Waals surface area contributed by atoms with Crippen molar-refractivity contribution in [2.24, 2.45) is 11.3 Å². The molecule has 4 heteroatoms. The van der Waals surface area contributed by atoms with E-state index in [9.17, 15) is 4.79 Å². The second kappa shape index (κ2) is 11.2. The van der Waals surface area contributed by atoms with Crippen LogP contribution >= 0.6 is 0 Å². The van der Waals surface area contributed by atoms with Crippen molar-refractivity contribution in [2.45, 2.75) is 86.5 Å². The highest BCUT2D eigenvalue weighted by molar-refractivity contribution is 5.80. The molecule has 0 spiro atoms. The lowest BCUT2D eigenvalue weighted by Crippen LogP contribution is -2.40. The Balaban J connectivity index is 5.03. The van der Waals surface area contributed by atoms with Crippen LogP contribution in [0.2, 0.25) is 0 Å². The molecule has 0 aliphatic rings. The zero-order chi connectivity index (χ0) is 18.0. The molecule has 0 radical (unpaired) electrons. The number of ketones is 1. The molecule has 0 aromatic carbocycles. The molecule has 0 aliphatic heterocycles. The minimum atomic E-state index is -0.274. The summed E-state index contributed by atoms with van der Waals surface area (Å²) in [5, 5.41) is 0. The molecule has 0 saturated heterocycles. The van der Waals surface area contributed by atoms with Gasteiger partial charge in [-0.3, -0.25) is 4.79 Å². The molecule has 0 aliphatic carbocycles. The van der Waals surface area contributed by atoms with Crippen molar-refractivity contribution in [2.75, 3.05) is 19.8 Å². The Hall–Kier alpha value is -0.450. The van der Waals surface area contributed by atoms with Gasteiger partial charge in [0.15, 0.2) is 0 Å². The number of ether oxygens (including phenoxy) is 3. The third kappa shape index (κ3) is 10.9. The molecule has 0 atom stereocenters. The number of Topliss-reactive ketones (excluding diaryl/α,β-unsaturated/α-hetero) is 1. The van der Waals surface area contributed by atoms with E-state index in [0.717, 1.165) is 6.42 Å². The van der Waals surface area contributed by atoms with Crippen LogP contribution in [0.3, 0.4) is 0 Å². The smallest absolute Gasteiger partial charge is 0.135 e. The quantitative estimate of drug-likeness (QED) is 0.506. The van der Waals surface area contributed by atoms with Gasteiger partial charge < -0.3 is 14.2 Å². The molecule has 0 rings (SSSR count). The molecule has 0 amide bonds. The predicted molar refractivity (Wildman–Crippen MR) is 94.8 cm³/mol. The van der Waals surface area contributed by atoms with Gasteiger partial charge in [-0.15, -0.1) is 0 Å². The number of carbonyl (C=O) groups is 1. The maximum atomic E-state index is 12.1. The predicted octanol–water partition coefficient (Wildman–Crippen LogP) is 4.25. The number of rotatable bonds is 13. The Morgan fingerprint density at radius 2 is 1.09 bits per heavy atom. The molecule has 0 unspecified atom stereocenters. The highest BCUT2D eigenvalue weighted by Gasteiger charge is 2.33. The molecule has 0 aromatic heterocycles. The highest BCUT2D eigenvalue weighted by atomic mass is 16.5. The third-order valence-corrected chi connectivity index (χ3v) is 3.71. The third-order valence-electron chi connectivity index (χ3n) is 3.71. The van der Waals surface area contributed by atoms with Gasteiger partial charge in [-0.25, -0.2) is 0 Å².